The van der Waals surface area contributed by atoms with Crippen LogP contribution >= 0.6 is 0 Å². The second-order valence-corrected chi connectivity index (χ2v) is 17.1. The molecule has 0 aromatic heterocycles. The minimum Gasteiger partial charge on any atom is -0.391 e. The summed E-state index contributed by atoms with van der Waals surface area (Å²) in [4.78, 5) is 125. The van der Waals surface area contributed by atoms with E-state index in [0.717, 1.165) is 0 Å². The highest BCUT2D eigenvalue weighted by Crippen LogP contribution is 2.21. The van der Waals surface area contributed by atoms with E-state index in [1.807, 2.05) is 6.92 Å². The van der Waals surface area contributed by atoms with E-state index < -0.39 is 113 Å². The number of rotatable bonds is 28. The lowest BCUT2D eigenvalue weighted by atomic mass is 9.95. The van der Waals surface area contributed by atoms with Gasteiger partial charge in [0.05, 0.1) is 12.6 Å². The van der Waals surface area contributed by atoms with Gasteiger partial charge in [0.15, 0.2) is 5.96 Å². The van der Waals surface area contributed by atoms with Crippen molar-refractivity contribution < 1.29 is 48.3 Å². The smallest absolute Gasteiger partial charge is 0.245 e. The lowest BCUT2D eigenvalue weighted by molar-refractivity contribution is -0.142. The number of carbonyl (C=O) groups is 9. The third kappa shape index (κ3) is 19.2. The summed E-state index contributed by atoms with van der Waals surface area (Å²) in [6, 6.07) is -8.10. The van der Waals surface area contributed by atoms with Crippen molar-refractivity contribution in [3.05, 3.63) is 0 Å². The van der Waals surface area contributed by atoms with Crippen molar-refractivity contribution in [1.82, 2.24) is 47.4 Å². The maximum atomic E-state index is 14.1. The number of hydrogen-bond acceptors (Lipinski definition) is 11. The van der Waals surface area contributed by atoms with Gasteiger partial charge in [-0.1, -0.05) is 67.7 Å². The molecule has 0 bridgehead atoms. The second-order valence-electron chi connectivity index (χ2n) is 17.1. The Balaban J connectivity index is 3.34. The van der Waals surface area contributed by atoms with Crippen LogP contribution in [0.4, 0.5) is 0 Å². The molecular weight excluding hydrogens is 845 g/mol. The molecule has 1 aliphatic heterocycles. The Bertz CT molecular complexity index is 1660. The molecule has 1 saturated heterocycles. The molecule has 10 atom stereocenters. The normalized spacial score (nSPS) is 17.6. The fourth-order valence-electron chi connectivity index (χ4n) is 7.15. The number of amides is 9. The molecule has 22 heteroatoms. The number of nitrogens with two attached hydrogens (primary N) is 2. The van der Waals surface area contributed by atoms with E-state index in [0.29, 0.717) is 51.6 Å². The molecule has 1 fully saturated rings. The zero-order chi connectivity index (χ0) is 49.6. The van der Waals surface area contributed by atoms with Crippen LogP contribution in [0.1, 0.15) is 121 Å². The third-order valence-electron chi connectivity index (χ3n) is 11.4. The summed E-state index contributed by atoms with van der Waals surface area (Å²) in [6.45, 7) is 17.0. The summed E-state index contributed by atoms with van der Waals surface area (Å²) >= 11 is 0. The monoisotopic (exact) mass is 923 g/mol. The van der Waals surface area contributed by atoms with Crippen LogP contribution in [0.2, 0.25) is 0 Å². The molecule has 0 unspecified atom stereocenters. The molecule has 0 aliphatic carbocycles. The Kier molecular flexibility index (Phi) is 25.7. The van der Waals surface area contributed by atoms with Crippen molar-refractivity contribution >= 4 is 59.1 Å². The van der Waals surface area contributed by atoms with Crippen molar-refractivity contribution in [1.29, 1.82) is 0 Å². The van der Waals surface area contributed by atoms with Gasteiger partial charge in [-0.15, -0.1) is 0 Å². The molecule has 0 spiro atoms. The number of aliphatic hydroxyl groups is 1. The van der Waals surface area contributed by atoms with E-state index in [1.54, 1.807) is 48.5 Å². The average Bonchev–Trinajstić information content (AvgIpc) is 3.75. The second kappa shape index (κ2) is 29.1. The quantitative estimate of drug-likeness (QED) is 0.0234. The molecule has 1 heterocycles. The molecule has 65 heavy (non-hydrogen) atoms. The summed E-state index contributed by atoms with van der Waals surface area (Å²) < 4.78 is 0. The highest BCUT2D eigenvalue weighted by Gasteiger charge is 2.40. The van der Waals surface area contributed by atoms with Gasteiger partial charge in [-0.2, -0.15) is 0 Å². The summed E-state index contributed by atoms with van der Waals surface area (Å²) in [5, 5.41) is 31.8. The predicted octanol–water partition coefficient (Wildman–Crippen LogP) is -1.86. The van der Waals surface area contributed by atoms with E-state index in [1.165, 1.54) is 18.7 Å². The van der Waals surface area contributed by atoms with Crippen LogP contribution in [-0.2, 0) is 43.2 Å². The number of nitrogens with zero attached hydrogens (tertiary/aromatic N) is 2. The van der Waals surface area contributed by atoms with Gasteiger partial charge in [0.1, 0.15) is 42.3 Å². The van der Waals surface area contributed by atoms with Crippen molar-refractivity contribution in [2.24, 2.45) is 34.2 Å². The first kappa shape index (κ1) is 57.5. The van der Waals surface area contributed by atoms with Crippen molar-refractivity contribution in [2.75, 3.05) is 26.2 Å². The Labute approximate surface area is 383 Å². The maximum Gasteiger partial charge on any atom is 0.245 e. The number of guanidine groups is 1. The molecular formula is C43H78N12O10. The van der Waals surface area contributed by atoms with Gasteiger partial charge in [-0.05, 0) is 63.7 Å². The highest BCUT2D eigenvalue weighted by molar-refractivity contribution is 5.98. The van der Waals surface area contributed by atoms with Gasteiger partial charge < -0.3 is 64.0 Å². The molecule has 0 radical (unpaired) electrons. The predicted molar refractivity (Wildman–Crippen MR) is 244 cm³/mol. The molecule has 1 rings (SSSR count). The summed E-state index contributed by atoms with van der Waals surface area (Å²) in [5.41, 5.74) is 11.0. The van der Waals surface area contributed by atoms with Gasteiger partial charge in [0.2, 0.25) is 53.2 Å². The molecule has 0 saturated carbocycles. The van der Waals surface area contributed by atoms with Crippen LogP contribution in [0.5, 0.6) is 0 Å². The summed E-state index contributed by atoms with van der Waals surface area (Å²) in [5.74, 6) is -7.10. The molecule has 13 N–H and O–H groups in total. The van der Waals surface area contributed by atoms with E-state index in [-0.39, 0.29) is 37.8 Å². The SMILES string of the molecule is CCC[C@H](NC(=O)[C@@H](NC(=O)[C@H](NC(=O)[C@@H](NC(=O)CNC(C)=O)C(C)C)[C@@H](C)CC)[C@@H](C)O)C(=O)N[C@H](C(=O)N[C@@H](CCCN=C(N)N)C(=O)N1CCC[C@H]1C(=O)NCC)[C@@H](C)CC. The fourth-order valence-corrected chi connectivity index (χ4v) is 7.15. The topological polar surface area (TPSA) is 338 Å². The van der Waals surface area contributed by atoms with Crippen molar-refractivity contribution in [2.45, 2.75) is 169 Å². The fraction of sp³-hybridized carbons (Fsp3) is 0.767. The lowest BCUT2D eigenvalue weighted by Crippen LogP contribution is -2.63. The molecule has 22 nitrogen and oxygen atoms in total. The van der Waals surface area contributed by atoms with Gasteiger partial charge in [-0.3, -0.25) is 48.1 Å². The van der Waals surface area contributed by atoms with Crippen LogP contribution in [-0.4, -0.2) is 144 Å². The Morgan fingerprint density at radius 2 is 1.20 bits per heavy atom. The van der Waals surface area contributed by atoms with Gasteiger partial charge in [0.25, 0.3) is 0 Å². The number of carbonyl (C=O) groups excluding carboxylic acids is 9. The first-order valence-corrected chi connectivity index (χ1v) is 22.9. The zero-order valence-corrected chi connectivity index (χ0v) is 40.0. The Hall–Kier alpha value is -5.54. The van der Waals surface area contributed by atoms with E-state index in [9.17, 15) is 48.3 Å². The standard InChI is InChI=1S/C43H78N12O10/c1-11-17-28(49-41(64)35(26(9)56)54-40(63)34(25(8)13-3)53-38(61)32(23(5)6)51-31(58)22-48-27(10)57)36(59)52-33(24(7)12-2)39(62)50-29(18-15-20-47-43(44)45)42(65)55-21-16-19-30(55)37(60)46-14-4/h23-26,28-30,32-35,56H,11-22H2,1-10H3,(H,46,60)(H,48,57)(H,49,64)(H,50,62)(H,51,58)(H,52,59)(H,53,61)(H,54,63)(H4,44,45,47)/t24-,25-,26+,28-,29-,30-,32-,33-,34+,35-/m0/s1. The van der Waals surface area contributed by atoms with Crippen LogP contribution in [0.15, 0.2) is 4.99 Å². The van der Waals surface area contributed by atoms with Crippen LogP contribution in [0, 0.1) is 17.8 Å². The van der Waals surface area contributed by atoms with Gasteiger partial charge >= 0.3 is 0 Å². The van der Waals surface area contributed by atoms with Gasteiger partial charge in [-0.25, -0.2) is 0 Å². The first-order chi connectivity index (χ1) is 30.5. The van der Waals surface area contributed by atoms with Crippen LogP contribution in [0.3, 0.4) is 0 Å². The zero-order valence-electron chi connectivity index (χ0n) is 40.0. The molecule has 9 amide bonds. The Morgan fingerprint density at radius 3 is 1.71 bits per heavy atom. The van der Waals surface area contributed by atoms with E-state index in [4.69, 9.17) is 11.5 Å². The molecule has 0 aromatic carbocycles. The van der Waals surface area contributed by atoms with Crippen LogP contribution < -0.4 is 54.0 Å². The highest BCUT2D eigenvalue weighted by atomic mass is 16.3. The summed E-state index contributed by atoms with van der Waals surface area (Å²) in [7, 11) is 0. The number of likely N-dealkylation sites (N-methyl/N-ethyl adjacent to an activating group) is 1. The van der Waals surface area contributed by atoms with Crippen LogP contribution in [0.25, 0.3) is 0 Å². The molecule has 370 valence electrons. The van der Waals surface area contributed by atoms with E-state index in [2.05, 4.69) is 47.5 Å². The lowest BCUT2D eigenvalue weighted by Gasteiger charge is -2.32. The average molecular weight is 923 g/mol. The Morgan fingerprint density at radius 1 is 0.677 bits per heavy atom. The largest absolute Gasteiger partial charge is 0.391 e. The minimum absolute atomic E-state index is 0.102. The van der Waals surface area contributed by atoms with Gasteiger partial charge in [0, 0.05) is 26.6 Å². The minimum atomic E-state index is -1.59. The summed E-state index contributed by atoms with van der Waals surface area (Å²) in [6.07, 6.45) is 1.36. The maximum absolute atomic E-state index is 14.1. The number of likely N-dealkylation sites (tertiary alicyclic amines) is 1. The third-order valence-corrected chi connectivity index (χ3v) is 11.4. The van der Waals surface area contributed by atoms with Crippen molar-refractivity contribution in [3.63, 3.8) is 0 Å². The number of aliphatic imine (C=N–C) groups is 1. The number of nitrogens with one attached hydrogen (secondary N) is 8. The number of aliphatic hydroxyl groups excluding tert-OH is 1. The number of hydrogen-bond donors (Lipinski definition) is 11. The molecule has 0 aromatic rings. The van der Waals surface area contributed by atoms with Crippen molar-refractivity contribution in [3.8, 4) is 0 Å². The molecule has 1 aliphatic rings. The van der Waals surface area contributed by atoms with E-state index >= 15 is 0 Å². The first-order valence-electron chi connectivity index (χ1n) is 22.9.